The molecule has 1 unspecified atom stereocenters. The summed E-state index contributed by atoms with van der Waals surface area (Å²) in [4.78, 5) is 10.8. The molecule has 1 heterocycles. The number of furan rings is 1. The van der Waals surface area contributed by atoms with Crippen LogP contribution in [-0.2, 0) is 5.41 Å². The zero-order valence-electron chi connectivity index (χ0n) is 13.0. The molecule has 1 aromatic carbocycles. The number of hydrogen-bond acceptors (Lipinski definition) is 3. The third-order valence-electron chi connectivity index (χ3n) is 3.34. The van der Waals surface area contributed by atoms with Gasteiger partial charge < -0.3 is 14.3 Å². The molecule has 5 heteroatoms. The van der Waals surface area contributed by atoms with Gasteiger partial charge in [-0.15, -0.1) is 0 Å². The molecule has 0 spiro atoms. The maximum atomic E-state index is 10.8. The second-order valence-corrected chi connectivity index (χ2v) is 7.02. The Morgan fingerprint density at radius 2 is 1.95 bits per heavy atom. The van der Waals surface area contributed by atoms with Gasteiger partial charge in [0, 0.05) is 0 Å². The molecule has 22 heavy (non-hydrogen) atoms. The Balaban J connectivity index is 2.17. The summed E-state index contributed by atoms with van der Waals surface area (Å²) in [6, 6.07) is 9.01. The number of carboxylic acids is 1. The Hall–Kier alpha value is -1.75. The highest BCUT2D eigenvalue weighted by molar-refractivity contribution is 9.10. The zero-order valence-corrected chi connectivity index (χ0v) is 14.6. The maximum Gasteiger partial charge on any atom is 0.371 e. The van der Waals surface area contributed by atoms with Gasteiger partial charge in [-0.25, -0.2) is 4.79 Å². The van der Waals surface area contributed by atoms with Gasteiger partial charge in [-0.05, 0) is 58.1 Å². The summed E-state index contributed by atoms with van der Waals surface area (Å²) in [6.07, 6.45) is -0.384. The lowest BCUT2D eigenvalue weighted by Crippen LogP contribution is -2.11. The minimum Gasteiger partial charge on any atom is -0.482 e. The van der Waals surface area contributed by atoms with Crippen LogP contribution in [-0.4, -0.2) is 11.1 Å². The second kappa shape index (κ2) is 6.16. The van der Waals surface area contributed by atoms with E-state index in [4.69, 9.17) is 14.3 Å². The van der Waals surface area contributed by atoms with Crippen LogP contribution in [0.1, 0.15) is 55.7 Å². The fourth-order valence-corrected chi connectivity index (χ4v) is 2.47. The normalized spacial score (nSPS) is 13.0. The minimum absolute atomic E-state index is 0.0596. The molecule has 1 atom stereocenters. The van der Waals surface area contributed by atoms with Gasteiger partial charge in [-0.2, -0.15) is 0 Å². The number of carboxylic acid groups (broad SMARTS) is 1. The summed E-state index contributed by atoms with van der Waals surface area (Å²) in [5, 5.41) is 8.88. The Morgan fingerprint density at radius 1 is 1.27 bits per heavy atom. The Kier molecular flexibility index (Phi) is 4.66. The third kappa shape index (κ3) is 3.71. The van der Waals surface area contributed by atoms with Gasteiger partial charge in [0.2, 0.25) is 5.76 Å². The Bertz CT molecular complexity index is 682. The number of benzene rings is 1. The first-order valence-corrected chi connectivity index (χ1v) is 7.77. The smallest absolute Gasteiger partial charge is 0.371 e. The number of carbonyl (C=O) groups is 1. The van der Waals surface area contributed by atoms with Gasteiger partial charge in [0.15, 0.2) is 6.10 Å². The number of ether oxygens (including phenoxy) is 1. The second-order valence-electron chi connectivity index (χ2n) is 6.16. The van der Waals surface area contributed by atoms with Crippen molar-refractivity contribution in [1.29, 1.82) is 0 Å². The van der Waals surface area contributed by atoms with E-state index >= 15 is 0 Å². The first-order valence-electron chi connectivity index (χ1n) is 6.98. The maximum absolute atomic E-state index is 10.8. The lowest BCUT2D eigenvalue weighted by atomic mass is 9.87. The highest BCUT2D eigenvalue weighted by atomic mass is 79.9. The van der Waals surface area contributed by atoms with E-state index in [1.165, 1.54) is 11.6 Å². The van der Waals surface area contributed by atoms with Gasteiger partial charge in [0.25, 0.3) is 0 Å². The van der Waals surface area contributed by atoms with Crippen LogP contribution < -0.4 is 4.74 Å². The van der Waals surface area contributed by atoms with Crippen molar-refractivity contribution in [2.45, 2.75) is 39.2 Å². The minimum atomic E-state index is -1.09. The highest BCUT2D eigenvalue weighted by Gasteiger charge is 2.18. The lowest BCUT2D eigenvalue weighted by Gasteiger charge is -2.21. The molecule has 0 radical (unpaired) electrons. The number of aromatic carboxylic acids is 1. The zero-order chi connectivity index (χ0) is 16.5. The molecular formula is C17H19BrO4. The molecule has 0 aliphatic heterocycles. The molecule has 0 fully saturated rings. The van der Waals surface area contributed by atoms with Crippen molar-refractivity contribution >= 4 is 21.9 Å². The largest absolute Gasteiger partial charge is 0.482 e. The summed E-state index contributed by atoms with van der Waals surface area (Å²) in [5.41, 5.74) is 1.26. The predicted molar refractivity (Wildman–Crippen MR) is 87.6 cm³/mol. The first-order chi connectivity index (χ1) is 10.2. The van der Waals surface area contributed by atoms with E-state index < -0.39 is 5.97 Å². The van der Waals surface area contributed by atoms with E-state index in [2.05, 4.69) is 36.7 Å². The van der Waals surface area contributed by atoms with Crippen molar-refractivity contribution in [3.8, 4) is 5.75 Å². The Morgan fingerprint density at radius 3 is 2.45 bits per heavy atom. The van der Waals surface area contributed by atoms with Crippen molar-refractivity contribution in [2.24, 2.45) is 0 Å². The van der Waals surface area contributed by atoms with Crippen LogP contribution >= 0.6 is 15.9 Å². The van der Waals surface area contributed by atoms with Gasteiger partial charge in [0.05, 0.1) is 4.47 Å². The topological polar surface area (TPSA) is 59.7 Å². The molecule has 2 aromatic rings. The van der Waals surface area contributed by atoms with E-state index in [1.54, 1.807) is 6.07 Å². The van der Waals surface area contributed by atoms with Crippen molar-refractivity contribution < 1.29 is 19.1 Å². The average molecular weight is 367 g/mol. The Labute approximate surface area is 138 Å². The molecule has 118 valence electrons. The van der Waals surface area contributed by atoms with Crippen LogP contribution in [0.25, 0.3) is 0 Å². The van der Waals surface area contributed by atoms with E-state index in [9.17, 15) is 4.79 Å². The third-order valence-corrected chi connectivity index (χ3v) is 3.96. The van der Waals surface area contributed by atoms with Crippen molar-refractivity contribution in [3.63, 3.8) is 0 Å². The number of hydrogen-bond donors (Lipinski definition) is 1. The molecule has 0 aliphatic rings. The summed E-state index contributed by atoms with van der Waals surface area (Å²) < 4.78 is 12.0. The van der Waals surface area contributed by atoms with Gasteiger partial charge in [-0.1, -0.05) is 26.8 Å². The van der Waals surface area contributed by atoms with Crippen LogP contribution in [0.5, 0.6) is 5.75 Å². The molecule has 0 saturated heterocycles. The van der Waals surface area contributed by atoms with Gasteiger partial charge in [0.1, 0.15) is 11.5 Å². The van der Waals surface area contributed by atoms with Crippen molar-refractivity contribution in [3.05, 3.63) is 51.9 Å². The number of rotatable bonds is 4. The monoisotopic (exact) mass is 366 g/mol. The summed E-state index contributed by atoms with van der Waals surface area (Å²) in [6.45, 7) is 8.26. The summed E-state index contributed by atoms with van der Waals surface area (Å²) in [7, 11) is 0. The van der Waals surface area contributed by atoms with E-state index in [0.29, 0.717) is 11.5 Å². The van der Waals surface area contributed by atoms with Crippen molar-refractivity contribution in [2.75, 3.05) is 0 Å². The van der Waals surface area contributed by atoms with Crippen LogP contribution in [0.4, 0.5) is 0 Å². The molecule has 2 rings (SSSR count). The summed E-state index contributed by atoms with van der Waals surface area (Å²) >= 11 is 3.52. The molecular weight excluding hydrogens is 348 g/mol. The molecule has 1 aromatic heterocycles. The number of halogens is 1. The van der Waals surface area contributed by atoms with Crippen molar-refractivity contribution in [1.82, 2.24) is 0 Å². The fraction of sp³-hybridized carbons (Fsp3) is 0.353. The van der Waals surface area contributed by atoms with Gasteiger partial charge in [-0.3, -0.25) is 0 Å². The van der Waals surface area contributed by atoms with Gasteiger partial charge >= 0.3 is 5.97 Å². The lowest BCUT2D eigenvalue weighted by molar-refractivity contribution is 0.0655. The van der Waals surface area contributed by atoms with E-state index in [-0.39, 0.29) is 17.3 Å². The van der Waals surface area contributed by atoms with E-state index in [1.807, 2.05) is 25.1 Å². The van der Waals surface area contributed by atoms with E-state index in [0.717, 1.165) is 4.47 Å². The van der Waals surface area contributed by atoms with Crippen LogP contribution in [0.2, 0.25) is 0 Å². The predicted octanol–water partition coefficient (Wildman–Crippen LogP) is 5.18. The van der Waals surface area contributed by atoms with Crippen LogP contribution in [0.3, 0.4) is 0 Å². The fourth-order valence-electron chi connectivity index (χ4n) is 2.00. The first kappa shape index (κ1) is 16.6. The van der Waals surface area contributed by atoms with Crippen LogP contribution in [0, 0.1) is 0 Å². The standard InChI is InChI=1S/C17H19BrO4/c1-10(13-7-8-15(22-13)16(19)20)21-14-6-5-11(9-12(14)18)17(2,3)4/h5-10H,1-4H3,(H,19,20). The highest BCUT2D eigenvalue weighted by Crippen LogP contribution is 2.34. The summed E-state index contributed by atoms with van der Waals surface area (Å²) in [5.74, 6) is -0.0141. The molecule has 1 N–H and O–H groups in total. The molecule has 0 saturated carbocycles. The SMILES string of the molecule is CC(Oc1ccc(C(C)(C)C)cc1Br)c1ccc(C(=O)O)o1. The molecule has 4 nitrogen and oxygen atoms in total. The molecule has 0 bridgehead atoms. The average Bonchev–Trinajstić information content (AvgIpc) is 2.89. The molecule has 0 amide bonds. The van der Waals surface area contributed by atoms with Crippen LogP contribution in [0.15, 0.2) is 39.2 Å². The quantitative estimate of drug-likeness (QED) is 0.809. The molecule has 0 aliphatic carbocycles.